The number of benzene rings is 1. The quantitative estimate of drug-likeness (QED) is 0.757. The number of aryl methyl sites for hydroxylation is 2. The topological polar surface area (TPSA) is 67.7 Å². The van der Waals surface area contributed by atoms with E-state index in [-0.39, 0.29) is 11.5 Å². The second-order valence-electron chi connectivity index (χ2n) is 6.24. The maximum absolute atomic E-state index is 12.8. The predicted molar refractivity (Wildman–Crippen MR) is 103 cm³/mol. The summed E-state index contributed by atoms with van der Waals surface area (Å²) < 4.78 is 7.10. The molecule has 0 unspecified atom stereocenters. The molecule has 8 heteroatoms. The van der Waals surface area contributed by atoms with Crippen molar-refractivity contribution < 1.29 is 9.53 Å². The van der Waals surface area contributed by atoms with Crippen molar-refractivity contribution in [3.8, 4) is 5.75 Å². The molecule has 1 aromatic heterocycles. The molecule has 2 heterocycles. The van der Waals surface area contributed by atoms with Crippen LogP contribution in [0.25, 0.3) is 0 Å². The van der Waals surface area contributed by atoms with Crippen molar-refractivity contribution >= 4 is 27.5 Å². The first kappa shape index (κ1) is 18.4. The first-order valence-electron chi connectivity index (χ1n) is 8.33. The van der Waals surface area contributed by atoms with E-state index in [9.17, 15) is 9.59 Å². The maximum atomic E-state index is 12.8. The summed E-state index contributed by atoms with van der Waals surface area (Å²) in [6, 6.07) is 5.50. The lowest BCUT2D eigenvalue weighted by Gasteiger charge is -2.36. The Morgan fingerprint density at radius 2 is 1.92 bits per heavy atom. The van der Waals surface area contributed by atoms with E-state index in [0.29, 0.717) is 42.0 Å². The van der Waals surface area contributed by atoms with Crippen LogP contribution >= 0.6 is 15.9 Å². The van der Waals surface area contributed by atoms with Crippen LogP contribution in [0.2, 0.25) is 0 Å². The molecular formula is C18H21BrN4O3. The minimum Gasteiger partial charge on any atom is -0.496 e. The zero-order chi connectivity index (χ0) is 18.8. The average molecular weight is 421 g/mol. The number of anilines is 1. The number of piperazine rings is 1. The third-order valence-electron chi connectivity index (χ3n) is 4.62. The van der Waals surface area contributed by atoms with Crippen LogP contribution in [-0.4, -0.2) is 53.9 Å². The fraction of sp³-hybridized carbons (Fsp3) is 0.389. The van der Waals surface area contributed by atoms with Crippen molar-refractivity contribution in [1.82, 2.24) is 14.7 Å². The van der Waals surface area contributed by atoms with Crippen LogP contribution < -0.4 is 15.2 Å². The van der Waals surface area contributed by atoms with E-state index in [0.717, 1.165) is 11.3 Å². The van der Waals surface area contributed by atoms with Gasteiger partial charge in [0.05, 0.1) is 19.0 Å². The van der Waals surface area contributed by atoms with E-state index >= 15 is 0 Å². The maximum Gasteiger partial charge on any atom is 0.282 e. The summed E-state index contributed by atoms with van der Waals surface area (Å²) >= 11 is 3.36. The van der Waals surface area contributed by atoms with E-state index in [1.807, 2.05) is 24.0 Å². The fourth-order valence-electron chi connectivity index (χ4n) is 3.01. The van der Waals surface area contributed by atoms with E-state index in [1.54, 1.807) is 26.4 Å². The summed E-state index contributed by atoms with van der Waals surface area (Å²) in [5, 5.41) is 4.08. The van der Waals surface area contributed by atoms with Gasteiger partial charge < -0.3 is 14.5 Å². The van der Waals surface area contributed by atoms with Crippen LogP contribution in [0.3, 0.4) is 0 Å². The average Bonchev–Trinajstić information content (AvgIpc) is 2.66. The van der Waals surface area contributed by atoms with Crippen molar-refractivity contribution in [2.45, 2.75) is 6.92 Å². The van der Waals surface area contributed by atoms with Gasteiger partial charge in [0, 0.05) is 38.8 Å². The number of amides is 1. The second kappa shape index (κ2) is 7.49. The van der Waals surface area contributed by atoms with E-state index in [4.69, 9.17) is 4.74 Å². The standard InChI is InChI=1S/C18H21BrN4O3/c1-12-4-5-13(10-15(12)26-3)17(24)23-8-6-22(7-9-23)14-11-20-21(2)18(25)16(14)19/h4-5,10-11H,6-9H2,1-3H3. The summed E-state index contributed by atoms with van der Waals surface area (Å²) in [6.45, 7) is 4.39. The minimum absolute atomic E-state index is 0.0101. The van der Waals surface area contributed by atoms with Crippen LogP contribution in [0.15, 0.2) is 33.7 Å². The molecule has 0 radical (unpaired) electrons. The highest BCUT2D eigenvalue weighted by Crippen LogP contribution is 2.24. The number of ether oxygens (including phenoxy) is 1. The largest absolute Gasteiger partial charge is 0.496 e. The molecule has 7 nitrogen and oxygen atoms in total. The molecule has 138 valence electrons. The Morgan fingerprint density at radius 3 is 2.58 bits per heavy atom. The third kappa shape index (κ3) is 3.46. The highest BCUT2D eigenvalue weighted by Gasteiger charge is 2.24. The molecular weight excluding hydrogens is 400 g/mol. The lowest BCUT2D eigenvalue weighted by Crippen LogP contribution is -2.49. The Labute approximate surface area is 160 Å². The summed E-state index contributed by atoms with van der Waals surface area (Å²) in [4.78, 5) is 28.7. The van der Waals surface area contributed by atoms with Gasteiger partial charge in [0.15, 0.2) is 0 Å². The molecule has 0 bridgehead atoms. The fourth-order valence-corrected chi connectivity index (χ4v) is 3.62. The van der Waals surface area contributed by atoms with Gasteiger partial charge >= 0.3 is 0 Å². The Kier molecular flexibility index (Phi) is 5.31. The van der Waals surface area contributed by atoms with Gasteiger partial charge in [-0.2, -0.15) is 5.10 Å². The molecule has 1 aliphatic heterocycles. The Hall–Kier alpha value is -2.35. The van der Waals surface area contributed by atoms with Gasteiger partial charge in [0.1, 0.15) is 10.2 Å². The van der Waals surface area contributed by atoms with Crippen LogP contribution in [0.5, 0.6) is 5.75 Å². The molecule has 1 amide bonds. The molecule has 1 aliphatic rings. The van der Waals surface area contributed by atoms with Crippen molar-refractivity contribution in [3.05, 3.63) is 50.3 Å². The van der Waals surface area contributed by atoms with Crippen molar-refractivity contribution in [2.24, 2.45) is 7.05 Å². The number of hydrogen-bond acceptors (Lipinski definition) is 5. The van der Waals surface area contributed by atoms with E-state index in [1.165, 1.54) is 4.68 Å². The van der Waals surface area contributed by atoms with Crippen molar-refractivity contribution in [2.75, 3.05) is 38.2 Å². The van der Waals surface area contributed by atoms with Gasteiger partial charge in [-0.1, -0.05) is 6.07 Å². The number of halogens is 1. The number of aromatic nitrogens is 2. The van der Waals surface area contributed by atoms with Gasteiger partial charge in [-0.15, -0.1) is 0 Å². The Morgan fingerprint density at radius 1 is 1.23 bits per heavy atom. The highest BCUT2D eigenvalue weighted by atomic mass is 79.9. The normalized spacial score (nSPS) is 14.5. The number of rotatable bonds is 3. The van der Waals surface area contributed by atoms with Crippen LogP contribution in [-0.2, 0) is 7.05 Å². The number of nitrogens with zero attached hydrogens (tertiary/aromatic N) is 4. The van der Waals surface area contributed by atoms with Crippen LogP contribution in [0.4, 0.5) is 5.69 Å². The minimum atomic E-state index is -0.173. The zero-order valence-electron chi connectivity index (χ0n) is 15.0. The number of carbonyl (C=O) groups excluding carboxylic acids is 1. The summed E-state index contributed by atoms with van der Waals surface area (Å²) in [5.74, 6) is 0.703. The molecule has 1 saturated heterocycles. The second-order valence-corrected chi connectivity index (χ2v) is 7.03. The van der Waals surface area contributed by atoms with Gasteiger partial charge in [-0.05, 0) is 40.5 Å². The van der Waals surface area contributed by atoms with E-state index in [2.05, 4.69) is 25.9 Å². The molecule has 0 aliphatic carbocycles. The molecule has 26 heavy (non-hydrogen) atoms. The number of hydrogen-bond donors (Lipinski definition) is 0. The summed E-state index contributed by atoms with van der Waals surface area (Å²) in [7, 11) is 3.22. The molecule has 0 saturated carbocycles. The molecule has 0 spiro atoms. The Balaban J connectivity index is 1.71. The van der Waals surface area contributed by atoms with Crippen LogP contribution in [0, 0.1) is 6.92 Å². The highest BCUT2D eigenvalue weighted by molar-refractivity contribution is 9.10. The lowest BCUT2D eigenvalue weighted by atomic mass is 10.1. The summed E-state index contributed by atoms with van der Waals surface area (Å²) in [5.41, 5.74) is 2.21. The van der Waals surface area contributed by atoms with Gasteiger partial charge in [-0.3, -0.25) is 9.59 Å². The molecule has 1 aromatic carbocycles. The van der Waals surface area contributed by atoms with Gasteiger partial charge in [-0.25, -0.2) is 4.68 Å². The first-order valence-corrected chi connectivity index (χ1v) is 9.12. The van der Waals surface area contributed by atoms with Crippen molar-refractivity contribution in [1.29, 1.82) is 0 Å². The number of methoxy groups -OCH3 is 1. The molecule has 0 N–H and O–H groups in total. The SMILES string of the molecule is COc1cc(C(=O)N2CCN(c3cnn(C)c(=O)c3Br)CC2)ccc1C. The molecule has 3 rings (SSSR count). The van der Waals surface area contributed by atoms with Crippen molar-refractivity contribution in [3.63, 3.8) is 0 Å². The molecule has 1 fully saturated rings. The zero-order valence-corrected chi connectivity index (χ0v) is 16.6. The lowest BCUT2D eigenvalue weighted by molar-refractivity contribution is 0.0746. The first-order chi connectivity index (χ1) is 12.4. The predicted octanol–water partition coefficient (Wildman–Crippen LogP) is 1.82. The Bertz CT molecular complexity index is 888. The smallest absolute Gasteiger partial charge is 0.282 e. The van der Waals surface area contributed by atoms with Crippen LogP contribution in [0.1, 0.15) is 15.9 Å². The van der Waals surface area contributed by atoms with Gasteiger partial charge in [0.2, 0.25) is 0 Å². The number of carbonyl (C=O) groups is 1. The van der Waals surface area contributed by atoms with Gasteiger partial charge in [0.25, 0.3) is 11.5 Å². The molecule has 0 atom stereocenters. The monoisotopic (exact) mass is 420 g/mol. The third-order valence-corrected chi connectivity index (χ3v) is 5.37. The summed E-state index contributed by atoms with van der Waals surface area (Å²) in [6.07, 6.45) is 1.67. The molecule has 2 aromatic rings. The van der Waals surface area contributed by atoms with E-state index < -0.39 is 0 Å².